The third-order valence-electron chi connectivity index (χ3n) is 3.39. The van der Waals surface area contributed by atoms with Crippen molar-refractivity contribution in [2.45, 2.75) is 0 Å². The highest BCUT2D eigenvalue weighted by Gasteiger charge is 2.22. The smallest absolute Gasteiger partial charge is 0.270 e. The normalized spacial score (nSPS) is 11.4. The molecule has 9 nitrogen and oxygen atoms in total. The third-order valence-corrected chi connectivity index (χ3v) is 5.53. The lowest BCUT2D eigenvalue weighted by Gasteiger charge is -2.22. The van der Waals surface area contributed by atoms with E-state index < -0.39 is 27.4 Å². The van der Waals surface area contributed by atoms with Gasteiger partial charge in [-0.25, -0.2) is 13.8 Å². The first-order valence-corrected chi connectivity index (χ1v) is 10.6. The summed E-state index contributed by atoms with van der Waals surface area (Å²) in [7, 11) is -3.74. The van der Waals surface area contributed by atoms with Gasteiger partial charge in [0.15, 0.2) is 0 Å². The molecule has 0 aromatic heterocycles. The number of hydrazone groups is 1. The standard InChI is InChI=1S/C16H14BrClN4O5S/c1-28(26,27)21(15-5-3-2-4-13(15)17)10-16(23)20-19-9-11-8-12(22(24)25)6-7-14(11)18/h2-9H,10H2,1H3,(H,20,23)/b19-9-. The number of hydrogen-bond acceptors (Lipinski definition) is 6. The van der Waals surface area contributed by atoms with E-state index in [4.69, 9.17) is 11.6 Å². The van der Waals surface area contributed by atoms with Crippen molar-refractivity contribution < 1.29 is 18.1 Å². The Balaban J connectivity index is 2.14. The molecular formula is C16H14BrClN4O5S. The van der Waals surface area contributed by atoms with Crippen LogP contribution in [0.5, 0.6) is 0 Å². The Morgan fingerprint density at radius 3 is 2.64 bits per heavy atom. The second-order valence-corrected chi connectivity index (χ2v) is 8.65. The number of para-hydroxylation sites is 1. The fourth-order valence-corrected chi connectivity index (χ4v) is 3.77. The van der Waals surface area contributed by atoms with Crippen LogP contribution in [0.3, 0.4) is 0 Å². The van der Waals surface area contributed by atoms with E-state index in [1.807, 2.05) is 0 Å². The van der Waals surface area contributed by atoms with Gasteiger partial charge in [0, 0.05) is 27.2 Å². The zero-order valence-corrected chi connectivity index (χ0v) is 17.5. The average molecular weight is 490 g/mol. The molecule has 2 rings (SSSR count). The fourth-order valence-electron chi connectivity index (χ4n) is 2.12. The van der Waals surface area contributed by atoms with Gasteiger partial charge in [-0.05, 0) is 34.1 Å². The van der Waals surface area contributed by atoms with Gasteiger partial charge in [0.05, 0.1) is 23.1 Å². The van der Waals surface area contributed by atoms with Crippen molar-refractivity contribution in [1.29, 1.82) is 0 Å². The summed E-state index contributed by atoms with van der Waals surface area (Å²) in [4.78, 5) is 22.4. The molecular weight excluding hydrogens is 476 g/mol. The van der Waals surface area contributed by atoms with Crippen LogP contribution >= 0.6 is 27.5 Å². The number of rotatable bonds is 7. The van der Waals surface area contributed by atoms with E-state index in [1.54, 1.807) is 24.3 Å². The topological polar surface area (TPSA) is 122 Å². The Kier molecular flexibility index (Phi) is 7.11. The molecule has 0 radical (unpaired) electrons. The molecule has 0 bridgehead atoms. The Morgan fingerprint density at radius 2 is 2.04 bits per heavy atom. The molecule has 0 aliphatic rings. The minimum Gasteiger partial charge on any atom is -0.271 e. The number of nitro groups is 1. The van der Waals surface area contributed by atoms with Gasteiger partial charge in [0.25, 0.3) is 11.6 Å². The average Bonchev–Trinajstić information content (AvgIpc) is 2.61. The predicted molar refractivity (Wildman–Crippen MR) is 110 cm³/mol. The van der Waals surface area contributed by atoms with Crippen molar-refractivity contribution in [3.05, 3.63) is 67.6 Å². The van der Waals surface area contributed by atoms with Gasteiger partial charge in [-0.15, -0.1) is 0 Å². The minimum absolute atomic E-state index is 0.186. The van der Waals surface area contributed by atoms with Crippen LogP contribution in [-0.4, -0.2) is 38.3 Å². The molecule has 0 spiro atoms. The number of carbonyl (C=O) groups excluding carboxylic acids is 1. The first-order chi connectivity index (χ1) is 13.1. The summed E-state index contributed by atoms with van der Waals surface area (Å²) < 4.78 is 25.6. The number of halogens is 2. The number of sulfonamides is 1. The van der Waals surface area contributed by atoms with E-state index in [1.165, 1.54) is 18.2 Å². The highest BCUT2D eigenvalue weighted by Crippen LogP contribution is 2.27. The van der Waals surface area contributed by atoms with Gasteiger partial charge in [-0.3, -0.25) is 19.2 Å². The van der Waals surface area contributed by atoms with Crippen molar-refractivity contribution in [3.63, 3.8) is 0 Å². The van der Waals surface area contributed by atoms with E-state index >= 15 is 0 Å². The molecule has 0 saturated carbocycles. The molecule has 0 saturated heterocycles. The summed E-state index contributed by atoms with van der Waals surface area (Å²) in [5.74, 6) is -0.709. The molecule has 148 valence electrons. The van der Waals surface area contributed by atoms with Crippen LogP contribution in [0.2, 0.25) is 5.02 Å². The number of nitrogens with one attached hydrogen (secondary N) is 1. The molecule has 1 N–H and O–H groups in total. The minimum atomic E-state index is -3.74. The summed E-state index contributed by atoms with van der Waals surface area (Å²) in [5.41, 5.74) is 2.51. The number of benzene rings is 2. The molecule has 28 heavy (non-hydrogen) atoms. The van der Waals surface area contributed by atoms with E-state index in [2.05, 4.69) is 26.5 Å². The maximum atomic E-state index is 12.1. The number of nitro benzene ring substituents is 1. The number of hydrogen-bond donors (Lipinski definition) is 1. The molecule has 0 aliphatic carbocycles. The molecule has 0 unspecified atom stereocenters. The first-order valence-electron chi connectivity index (χ1n) is 7.57. The third kappa shape index (κ3) is 5.75. The van der Waals surface area contributed by atoms with Crippen LogP contribution in [0.4, 0.5) is 11.4 Å². The molecule has 0 aliphatic heterocycles. The van der Waals surface area contributed by atoms with Crippen LogP contribution in [0, 0.1) is 10.1 Å². The van der Waals surface area contributed by atoms with Crippen LogP contribution in [0.25, 0.3) is 0 Å². The number of non-ortho nitro benzene ring substituents is 1. The van der Waals surface area contributed by atoms with Crippen molar-refractivity contribution in [2.75, 3.05) is 17.1 Å². The Bertz CT molecular complexity index is 1050. The summed E-state index contributed by atoms with van der Waals surface area (Å²) in [6.07, 6.45) is 2.11. The predicted octanol–water partition coefficient (Wildman–Crippen LogP) is 2.93. The molecule has 12 heteroatoms. The maximum absolute atomic E-state index is 12.1. The summed E-state index contributed by atoms with van der Waals surface area (Å²) in [6.45, 7) is -0.512. The van der Waals surface area contributed by atoms with E-state index in [0.717, 1.165) is 16.8 Å². The quantitative estimate of drug-likeness (QED) is 0.364. The zero-order valence-electron chi connectivity index (χ0n) is 14.4. The number of anilines is 1. The number of amides is 1. The first kappa shape index (κ1) is 21.8. The molecule has 0 fully saturated rings. The Hall–Kier alpha value is -2.50. The molecule has 2 aromatic rings. The summed E-state index contributed by atoms with van der Waals surface area (Å²) in [5, 5.41) is 14.7. The van der Waals surface area contributed by atoms with Crippen molar-refractivity contribution in [2.24, 2.45) is 5.10 Å². The Labute approximate surface area is 174 Å². The number of nitrogens with zero attached hydrogens (tertiary/aromatic N) is 3. The van der Waals surface area contributed by atoms with Gasteiger partial charge in [0.1, 0.15) is 6.54 Å². The lowest BCUT2D eigenvalue weighted by molar-refractivity contribution is -0.384. The second-order valence-electron chi connectivity index (χ2n) is 5.48. The lowest BCUT2D eigenvalue weighted by atomic mass is 10.2. The van der Waals surface area contributed by atoms with Crippen LogP contribution < -0.4 is 9.73 Å². The van der Waals surface area contributed by atoms with Crippen LogP contribution in [-0.2, 0) is 14.8 Å². The molecule has 1 amide bonds. The highest BCUT2D eigenvalue weighted by molar-refractivity contribution is 9.10. The zero-order chi connectivity index (χ0) is 20.9. The van der Waals surface area contributed by atoms with Crippen LogP contribution in [0.1, 0.15) is 5.56 Å². The fraction of sp³-hybridized carbons (Fsp3) is 0.125. The monoisotopic (exact) mass is 488 g/mol. The van der Waals surface area contributed by atoms with E-state index in [-0.39, 0.29) is 16.3 Å². The molecule has 2 aromatic carbocycles. The lowest BCUT2D eigenvalue weighted by Crippen LogP contribution is -2.39. The maximum Gasteiger partial charge on any atom is 0.270 e. The largest absolute Gasteiger partial charge is 0.271 e. The van der Waals surface area contributed by atoms with Gasteiger partial charge >= 0.3 is 0 Å². The molecule has 0 atom stereocenters. The van der Waals surface area contributed by atoms with Crippen molar-refractivity contribution >= 4 is 61.1 Å². The summed E-state index contributed by atoms with van der Waals surface area (Å²) in [6, 6.07) is 10.3. The second kappa shape index (κ2) is 9.13. The van der Waals surface area contributed by atoms with Gasteiger partial charge in [0.2, 0.25) is 10.0 Å². The molecule has 0 heterocycles. The van der Waals surface area contributed by atoms with Crippen LogP contribution in [0.15, 0.2) is 52.0 Å². The van der Waals surface area contributed by atoms with Crippen molar-refractivity contribution in [1.82, 2.24) is 5.43 Å². The number of carbonyl (C=O) groups is 1. The van der Waals surface area contributed by atoms with E-state index in [0.29, 0.717) is 10.2 Å². The van der Waals surface area contributed by atoms with Gasteiger partial charge in [-0.2, -0.15) is 5.10 Å². The summed E-state index contributed by atoms with van der Waals surface area (Å²) >= 11 is 9.19. The Morgan fingerprint density at radius 1 is 1.36 bits per heavy atom. The van der Waals surface area contributed by atoms with Gasteiger partial charge in [-0.1, -0.05) is 23.7 Å². The highest BCUT2D eigenvalue weighted by atomic mass is 79.9. The van der Waals surface area contributed by atoms with Gasteiger partial charge < -0.3 is 0 Å². The van der Waals surface area contributed by atoms with E-state index in [9.17, 15) is 23.3 Å². The van der Waals surface area contributed by atoms with Crippen molar-refractivity contribution in [3.8, 4) is 0 Å². The SMILES string of the molecule is CS(=O)(=O)N(CC(=O)N/N=C\c1cc([N+](=O)[O-])ccc1Cl)c1ccccc1Br.